The number of hydrogen-bond donors (Lipinski definition) is 1. The van der Waals surface area contributed by atoms with Crippen LogP contribution >= 0.6 is 0 Å². The van der Waals surface area contributed by atoms with Gasteiger partial charge in [-0.05, 0) is 12.8 Å². The number of aromatic nitrogens is 1. The predicted molar refractivity (Wildman–Crippen MR) is 52.3 cm³/mol. The molecule has 74 valence electrons. The smallest absolute Gasteiger partial charge is 0.124 e. The Kier molecular flexibility index (Phi) is 3.96. The van der Waals surface area contributed by atoms with Crippen molar-refractivity contribution in [2.24, 2.45) is 5.92 Å². The third-order valence-corrected chi connectivity index (χ3v) is 2.59. The van der Waals surface area contributed by atoms with E-state index in [9.17, 15) is 0 Å². The molecule has 1 N–H and O–H groups in total. The minimum absolute atomic E-state index is 0.529. The Labute approximate surface area is 79.5 Å². The molecule has 0 saturated heterocycles. The van der Waals surface area contributed by atoms with Gasteiger partial charge in [0.05, 0.1) is 5.69 Å². The SMILES string of the molecule is CCC(C)C(C)NCc1ccon1. The lowest BCUT2D eigenvalue weighted by Gasteiger charge is -2.18. The van der Waals surface area contributed by atoms with Crippen molar-refractivity contribution in [1.82, 2.24) is 10.5 Å². The molecule has 0 fully saturated rings. The summed E-state index contributed by atoms with van der Waals surface area (Å²) in [7, 11) is 0. The first-order valence-electron chi connectivity index (χ1n) is 4.86. The van der Waals surface area contributed by atoms with E-state index in [2.05, 4.69) is 31.2 Å². The first-order chi connectivity index (χ1) is 6.24. The van der Waals surface area contributed by atoms with Gasteiger partial charge in [-0.25, -0.2) is 0 Å². The van der Waals surface area contributed by atoms with Crippen LogP contribution in [-0.4, -0.2) is 11.2 Å². The molecule has 0 aliphatic rings. The van der Waals surface area contributed by atoms with Gasteiger partial charge in [0.2, 0.25) is 0 Å². The fraction of sp³-hybridized carbons (Fsp3) is 0.700. The summed E-state index contributed by atoms with van der Waals surface area (Å²) in [5.41, 5.74) is 0.968. The molecule has 0 radical (unpaired) electrons. The molecule has 0 bridgehead atoms. The molecule has 1 heterocycles. The topological polar surface area (TPSA) is 38.1 Å². The van der Waals surface area contributed by atoms with Crippen LogP contribution in [0.2, 0.25) is 0 Å². The first-order valence-corrected chi connectivity index (χ1v) is 4.86. The fourth-order valence-electron chi connectivity index (χ4n) is 1.15. The van der Waals surface area contributed by atoms with Crippen LogP contribution in [0.5, 0.6) is 0 Å². The molecule has 1 aromatic rings. The van der Waals surface area contributed by atoms with Crippen molar-refractivity contribution in [3.63, 3.8) is 0 Å². The number of rotatable bonds is 5. The van der Waals surface area contributed by atoms with Gasteiger partial charge in [0.1, 0.15) is 6.26 Å². The van der Waals surface area contributed by atoms with Crippen LogP contribution in [0.4, 0.5) is 0 Å². The van der Waals surface area contributed by atoms with Crippen molar-refractivity contribution in [3.8, 4) is 0 Å². The minimum atomic E-state index is 0.529. The molecule has 2 unspecified atom stereocenters. The summed E-state index contributed by atoms with van der Waals surface area (Å²) in [4.78, 5) is 0. The summed E-state index contributed by atoms with van der Waals surface area (Å²) in [5, 5.41) is 7.25. The molecule has 0 aliphatic carbocycles. The summed E-state index contributed by atoms with van der Waals surface area (Å²) in [6, 6.07) is 2.41. The zero-order valence-corrected chi connectivity index (χ0v) is 8.58. The van der Waals surface area contributed by atoms with Gasteiger partial charge in [0.15, 0.2) is 0 Å². The third kappa shape index (κ3) is 3.19. The predicted octanol–water partition coefficient (Wildman–Crippen LogP) is 2.20. The zero-order valence-electron chi connectivity index (χ0n) is 8.58. The minimum Gasteiger partial charge on any atom is -0.364 e. The van der Waals surface area contributed by atoms with Crippen LogP contribution in [0.25, 0.3) is 0 Å². The molecule has 3 heteroatoms. The van der Waals surface area contributed by atoms with E-state index in [4.69, 9.17) is 4.52 Å². The van der Waals surface area contributed by atoms with Crippen molar-refractivity contribution in [1.29, 1.82) is 0 Å². The first kappa shape index (κ1) is 10.3. The molecular formula is C10H18N2O. The van der Waals surface area contributed by atoms with Crippen LogP contribution in [0.15, 0.2) is 16.9 Å². The number of nitrogens with one attached hydrogen (secondary N) is 1. The normalized spacial score (nSPS) is 15.6. The lowest BCUT2D eigenvalue weighted by atomic mass is 10.0. The summed E-state index contributed by atoms with van der Waals surface area (Å²) in [6.07, 6.45) is 2.80. The summed E-state index contributed by atoms with van der Waals surface area (Å²) in [6.45, 7) is 7.45. The summed E-state index contributed by atoms with van der Waals surface area (Å²) >= 11 is 0. The quantitative estimate of drug-likeness (QED) is 0.758. The highest BCUT2D eigenvalue weighted by Crippen LogP contribution is 2.07. The average molecular weight is 182 g/mol. The second-order valence-corrected chi connectivity index (χ2v) is 3.55. The Morgan fingerprint density at radius 3 is 2.85 bits per heavy atom. The molecule has 3 nitrogen and oxygen atoms in total. The Hall–Kier alpha value is -0.830. The molecule has 13 heavy (non-hydrogen) atoms. The summed E-state index contributed by atoms with van der Waals surface area (Å²) < 4.78 is 4.74. The van der Waals surface area contributed by atoms with Gasteiger partial charge < -0.3 is 9.84 Å². The second kappa shape index (κ2) is 5.02. The monoisotopic (exact) mass is 182 g/mol. The van der Waals surface area contributed by atoms with E-state index >= 15 is 0 Å². The van der Waals surface area contributed by atoms with Crippen molar-refractivity contribution in [2.75, 3.05) is 0 Å². The Morgan fingerprint density at radius 1 is 1.54 bits per heavy atom. The largest absolute Gasteiger partial charge is 0.364 e. The number of hydrogen-bond acceptors (Lipinski definition) is 3. The third-order valence-electron chi connectivity index (χ3n) is 2.59. The van der Waals surface area contributed by atoms with Crippen molar-refractivity contribution in [3.05, 3.63) is 18.0 Å². The zero-order chi connectivity index (χ0) is 9.68. The molecule has 0 aromatic carbocycles. The van der Waals surface area contributed by atoms with Gasteiger partial charge in [0.25, 0.3) is 0 Å². The van der Waals surface area contributed by atoms with E-state index in [0.29, 0.717) is 12.0 Å². The van der Waals surface area contributed by atoms with Crippen molar-refractivity contribution in [2.45, 2.75) is 39.8 Å². The number of nitrogens with zero attached hydrogens (tertiary/aromatic N) is 1. The second-order valence-electron chi connectivity index (χ2n) is 3.55. The summed E-state index contributed by atoms with van der Waals surface area (Å²) in [5.74, 6) is 0.701. The van der Waals surface area contributed by atoms with Gasteiger partial charge in [-0.2, -0.15) is 0 Å². The fourth-order valence-corrected chi connectivity index (χ4v) is 1.15. The average Bonchev–Trinajstić information content (AvgIpc) is 2.65. The Balaban J connectivity index is 2.26. The highest BCUT2D eigenvalue weighted by Gasteiger charge is 2.09. The standard InChI is InChI=1S/C10H18N2O/c1-4-8(2)9(3)11-7-10-5-6-13-12-10/h5-6,8-9,11H,4,7H2,1-3H3. The maximum Gasteiger partial charge on any atom is 0.124 e. The van der Waals surface area contributed by atoms with Crippen LogP contribution in [0.1, 0.15) is 32.9 Å². The van der Waals surface area contributed by atoms with Gasteiger partial charge in [-0.1, -0.05) is 25.4 Å². The van der Waals surface area contributed by atoms with E-state index in [1.54, 1.807) is 6.26 Å². The van der Waals surface area contributed by atoms with Crippen LogP contribution in [0.3, 0.4) is 0 Å². The maximum atomic E-state index is 4.74. The molecule has 0 saturated carbocycles. The molecule has 0 aliphatic heterocycles. The lowest BCUT2D eigenvalue weighted by Crippen LogP contribution is -2.31. The molecule has 0 spiro atoms. The van der Waals surface area contributed by atoms with E-state index in [-0.39, 0.29) is 0 Å². The van der Waals surface area contributed by atoms with Gasteiger partial charge >= 0.3 is 0 Å². The van der Waals surface area contributed by atoms with Crippen molar-refractivity contribution >= 4 is 0 Å². The van der Waals surface area contributed by atoms with Crippen molar-refractivity contribution < 1.29 is 4.52 Å². The van der Waals surface area contributed by atoms with E-state index < -0.39 is 0 Å². The molecule has 0 amide bonds. The Bertz CT molecular complexity index is 221. The van der Waals surface area contributed by atoms with Crippen LogP contribution < -0.4 is 5.32 Å². The highest BCUT2D eigenvalue weighted by atomic mass is 16.5. The lowest BCUT2D eigenvalue weighted by molar-refractivity contribution is 0.373. The van der Waals surface area contributed by atoms with Gasteiger partial charge in [-0.15, -0.1) is 0 Å². The molecule has 1 rings (SSSR count). The van der Waals surface area contributed by atoms with Crippen LogP contribution in [-0.2, 0) is 6.54 Å². The molecule has 2 atom stereocenters. The van der Waals surface area contributed by atoms with E-state index in [1.165, 1.54) is 6.42 Å². The molecule has 1 aromatic heterocycles. The van der Waals surface area contributed by atoms with E-state index in [0.717, 1.165) is 12.2 Å². The maximum absolute atomic E-state index is 4.74. The van der Waals surface area contributed by atoms with Gasteiger partial charge in [-0.3, -0.25) is 0 Å². The molecular weight excluding hydrogens is 164 g/mol. The van der Waals surface area contributed by atoms with Gasteiger partial charge in [0, 0.05) is 18.7 Å². The highest BCUT2D eigenvalue weighted by molar-refractivity contribution is 4.94. The van der Waals surface area contributed by atoms with E-state index in [1.807, 2.05) is 6.07 Å². The van der Waals surface area contributed by atoms with Crippen LogP contribution in [0, 0.1) is 5.92 Å². The Morgan fingerprint density at radius 2 is 2.31 bits per heavy atom.